The van der Waals surface area contributed by atoms with Gasteiger partial charge < -0.3 is 35.0 Å². The minimum atomic E-state index is -2.65. The Hall–Kier alpha value is -1.94. The summed E-state index contributed by atoms with van der Waals surface area (Å²) in [6.07, 6.45) is 3.40. The number of carbonyl (C=O) groups excluding carboxylic acids is 2. The molecule has 1 heterocycles. The van der Waals surface area contributed by atoms with Gasteiger partial charge in [0.15, 0.2) is 0 Å². The molecular weight excluding hydrogens is 348 g/mol. The van der Waals surface area contributed by atoms with Gasteiger partial charge in [-0.05, 0) is 18.9 Å². The molecule has 148 valence electrons. The SMILES string of the molecule is CCCCCCC=COC1=C(O)C(=O)O[C@]1(C(=O)C(O)CO)[C@@H](O)CO. The third-order valence-corrected chi connectivity index (χ3v) is 3.99. The van der Waals surface area contributed by atoms with Crippen LogP contribution in [0, 0.1) is 0 Å². The summed E-state index contributed by atoms with van der Waals surface area (Å²) in [4.78, 5) is 24.1. The Kier molecular flexibility index (Phi) is 8.73. The van der Waals surface area contributed by atoms with Crippen molar-refractivity contribution in [1.29, 1.82) is 0 Å². The largest absolute Gasteiger partial charge is 0.499 e. The van der Waals surface area contributed by atoms with E-state index < -0.39 is 54.3 Å². The summed E-state index contributed by atoms with van der Waals surface area (Å²) in [6.45, 7) is 0.0325. The quantitative estimate of drug-likeness (QED) is 0.178. The van der Waals surface area contributed by atoms with E-state index in [-0.39, 0.29) is 0 Å². The molecule has 0 saturated heterocycles. The number of ether oxygens (including phenoxy) is 2. The number of unbranched alkanes of at least 4 members (excludes halogenated alkanes) is 4. The molecule has 1 rings (SSSR count). The smallest absolute Gasteiger partial charge is 0.378 e. The lowest BCUT2D eigenvalue weighted by Crippen LogP contribution is -2.57. The standard InChI is InChI=1S/C17H26O9/c1-2-3-4-5-6-7-8-25-15-13(22)16(24)26-17(15,12(21)10-19)14(23)11(20)9-18/h7-8,11-12,18-22H,2-6,9-10H2,1H3/t11?,12-,17-/m0/s1. The van der Waals surface area contributed by atoms with Crippen LogP contribution < -0.4 is 0 Å². The zero-order chi connectivity index (χ0) is 19.7. The molecule has 1 unspecified atom stereocenters. The van der Waals surface area contributed by atoms with Gasteiger partial charge in [0.25, 0.3) is 5.60 Å². The number of cyclic esters (lactones) is 1. The highest BCUT2D eigenvalue weighted by Gasteiger charge is 2.61. The van der Waals surface area contributed by atoms with Crippen molar-refractivity contribution in [2.75, 3.05) is 13.2 Å². The van der Waals surface area contributed by atoms with Crippen LogP contribution in [-0.4, -0.2) is 68.3 Å². The molecular formula is C17H26O9. The van der Waals surface area contributed by atoms with Crippen LogP contribution >= 0.6 is 0 Å². The Morgan fingerprint density at radius 3 is 2.50 bits per heavy atom. The predicted molar refractivity (Wildman–Crippen MR) is 88.7 cm³/mol. The Balaban J connectivity index is 3.03. The van der Waals surface area contributed by atoms with Gasteiger partial charge in [0.2, 0.25) is 17.3 Å². The number of allylic oxidation sites excluding steroid dienone is 1. The molecule has 0 fully saturated rings. The first-order valence-corrected chi connectivity index (χ1v) is 8.47. The first kappa shape index (κ1) is 22.1. The minimum Gasteiger partial charge on any atom is -0.499 e. The van der Waals surface area contributed by atoms with Crippen molar-refractivity contribution >= 4 is 11.8 Å². The molecule has 0 aromatic heterocycles. The van der Waals surface area contributed by atoms with E-state index in [1.54, 1.807) is 6.08 Å². The zero-order valence-corrected chi connectivity index (χ0v) is 14.6. The summed E-state index contributed by atoms with van der Waals surface area (Å²) in [5, 5.41) is 47.7. The topological polar surface area (TPSA) is 154 Å². The van der Waals surface area contributed by atoms with Gasteiger partial charge >= 0.3 is 5.97 Å². The van der Waals surface area contributed by atoms with Gasteiger partial charge in [0.05, 0.1) is 19.5 Å². The minimum absolute atomic E-state index is 0.644. The van der Waals surface area contributed by atoms with Crippen molar-refractivity contribution in [3.63, 3.8) is 0 Å². The molecule has 3 atom stereocenters. The molecule has 9 nitrogen and oxygen atoms in total. The second-order valence-electron chi connectivity index (χ2n) is 5.90. The van der Waals surface area contributed by atoms with E-state index in [1.807, 2.05) is 0 Å². The zero-order valence-electron chi connectivity index (χ0n) is 14.6. The number of rotatable bonds is 12. The first-order chi connectivity index (χ1) is 12.4. The van der Waals surface area contributed by atoms with E-state index in [2.05, 4.69) is 6.92 Å². The van der Waals surface area contributed by atoms with E-state index in [1.165, 1.54) is 0 Å². The second kappa shape index (κ2) is 10.3. The molecule has 0 amide bonds. The fourth-order valence-electron chi connectivity index (χ4n) is 2.53. The van der Waals surface area contributed by atoms with Crippen LogP contribution in [0.2, 0.25) is 0 Å². The van der Waals surface area contributed by atoms with Crippen LogP contribution in [0.1, 0.15) is 39.0 Å². The van der Waals surface area contributed by atoms with Crippen molar-refractivity contribution in [3.05, 3.63) is 23.9 Å². The van der Waals surface area contributed by atoms with Gasteiger partial charge in [0, 0.05) is 0 Å². The molecule has 0 radical (unpaired) electrons. The molecule has 0 bridgehead atoms. The number of ketones is 1. The number of aliphatic hydroxyl groups is 5. The summed E-state index contributed by atoms with van der Waals surface area (Å²) >= 11 is 0. The normalized spacial score (nSPS) is 22.6. The summed E-state index contributed by atoms with van der Waals surface area (Å²) in [7, 11) is 0. The fraction of sp³-hybridized carbons (Fsp3) is 0.647. The Bertz CT molecular complexity index is 554. The fourth-order valence-corrected chi connectivity index (χ4v) is 2.53. The Labute approximate surface area is 151 Å². The molecule has 0 aromatic carbocycles. The van der Waals surface area contributed by atoms with Crippen molar-refractivity contribution in [2.45, 2.75) is 56.8 Å². The Morgan fingerprint density at radius 1 is 1.23 bits per heavy atom. The van der Waals surface area contributed by atoms with Gasteiger partial charge in [-0.1, -0.05) is 26.2 Å². The highest BCUT2D eigenvalue weighted by molar-refractivity contribution is 6.03. The number of carbonyl (C=O) groups is 2. The molecule has 0 spiro atoms. The lowest BCUT2D eigenvalue weighted by Gasteiger charge is -2.32. The van der Waals surface area contributed by atoms with E-state index in [0.717, 1.165) is 31.9 Å². The van der Waals surface area contributed by atoms with Crippen LogP contribution in [0.3, 0.4) is 0 Å². The van der Waals surface area contributed by atoms with Crippen LogP contribution in [0.4, 0.5) is 0 Å². The van der Waals surface area contributed by atoms with Crippen molar-refractivity contribution in [2.24, 2.45) is 0 Å². The summed E-state index contributed by atoms with van der Waals surface area (Å²) < 4.78 is 9.93. The molecule has 5 N–H and O–H groups in total. The molecule has 0 aromatic rings. The molecule has 26 heavy (non-hydrogen) atoms. The maximum Gasteiger partial charge on any atom is 0.378 e. The third kappa shape index (κ3) is 4.61. The molecule has 1 aliphatic heterocycles. The molecule has 9 heteroatoms. The lowest BCUT2D eigenvalue weighted by atomic mass is 9.87. The summed E-state index contributed by atoms with van der Waals surface area (Å²) in [5.74, 6) is -4.49. The van der Waals surface area contributed by atoms with E-state index in [0.29, 0.717) is 6.42 Å². The predicted octanol–water partition coefficient (Wildman–Crippen LogP) is -0.172. The van der Waals surface area contributed by atoms with Gasteiger partial charge in [-0.3, -0.25) is 4.79 Å². The number of hydrogen-bond donors (Lipinski definition) is 5. The van der Waals surface area contributed by atoms with E-state index in [4.69, 9.17) is 14.6 Å². The summed E-state index contributed by atoms with van der Waals surface area (Å²) in [5.41, 5.74) is -2.65. The molecule has 0 saturated carbocycles. The average Bonchev–Trinajstić information content (AvgIpc) is 2.90. The summed E-state index contributed by atoms with van der Waals surface area (Å²) in [6, 6.07) is 0. The number of hydrogen-bond acceptors (Lipinski definition) is 9. The van der Waals surface area contributed by atoms with Crippen LogP contribution in [0.15, 0.2) is 23.9 Å². The number of aliphatic hydroxyl groups excluding tert-OH is 5. The van der Waals surface area contributed by atoms with E-state index >= 15 is 0 Å². The van der Waals surface area contributed by atoms with Crippen molar-refractivity contribution < 1.29 is 44.6 Å². The highest BCUT2D eigenvalue weighted by atomic mass is 16.6. The maximum absolute atomic E-state index is 12.4. The first-order valence-electron chi connectivity index (χ1n) is 8.47. The maximum atomic E-state index is 12.4. The Morgan fingerprint density at radius 2 is 1.92 bits per heavy atom. The van der Waals surface area contributed by atoms with Crippen LogP contribution in [-0.2, 0) is 19.1 Å². The van der Waals surface area contributed by atoms with Gasteiger partial charge in [-0.2, -0.15) is 0 Å². The highest BCUT2D eigenvalue weighted by Crippen LogP contribution is 2.37. The number of esters is 1. The van der Waals surface area contributed by atoms with Gasteiger partial charge in [0.1, 0.15) is 12.2 Å². The van der Waals surface area contributed by atoms with E-state index in [9.17, 15) is 30.0 Å². The molecule has 1 aliphatic rings. The third-order valence-electron chi connectivity index (χ3n) is 3.99. The van der Waals surface area contributed by atoms with Crippen molar-refractivity contribution in [3.8, 4) is 0 Å². The van der Waals surface area contributed by atoms with Crippen LogP contribution in [0.5, 0.6) is 0 Å². The van der Waals surface area contributed by atoms with Gasteiger partial charge in [-0.15, -0.1) is 0 Å². The van der Waals surface area contributed by atoms with Crippen LogP contribution in [0.25, 0.3) is 0 Å². The second-order valence-corrected chi connectivity index (χ2v) is 5.90. The monoisotopic (exact) mass is 374 g/mol. The lowest BCUT2D eigenvalue weighted by molar-refractivity contribution is -0.178. The average molecular weight is 374 g/mol. The number of Topliss-reactive ketones (excluding diaryl/α,β-unsaturated/α-hetero) is 1. The molecule has 0 aliphatic carbocycles. The van der Waals surface area contributed by atoms with Crippen molar-refractivity contribution in [1.82, 2.24) is 0 Å². The van der Waals surface area contributed by atoms with Gasteiger partial charge in [-0.25, -0.2) is 4.79 Å².